The van der Waals surface area contributed by atoms with Crippen LogP contribution in [0, 0.1) is 0 Å². The fourth-order valence-electron chi connectivity index (χ4n) is 2.41. The molecule has 1 fully saturated rings. The Labute approximate surface area is 125 Å². The number of nitrogens with zero attached hydrogens (tertiary/aromatic N) is 1. The first kappa shape index (κ1) is 15.6. The molecule has 1 aromatic carbocycles. The molecule has 1 saturated heterocycles. The average molecular weight is 299 g/mol. The summed E-state index contributed by atoms with van der Waals surface area (Å²) in [6, 6.07) is 6.37. The summed E-state index contributed by atoms with van der Waals surface area (Å²) in [7, 11) is 0. The third-order valence-corrected chi connectivity index (χ3v) is 3.73. The largest absolute Gasteiger partial charge is 0.394 e. The molecule has 0 amide bonds. The van der Waals surface area contributed by atoms with Crippen LogP contribution in [0.5, 0.6) is 0 Å². The second-order valence-electron chi connectivity index (χ2n) is 5.41. The molecule has 1 unspecified atom stereocenters. The molecule has 1 heterocycles. The Bertz CT molecular complexity index is 440. The smallest absolute Gasteiger partial charge is 0.0755 e. The number of anilines is 1. The number of rotatable bonds is 5. The molecule has 1 atom stereocenters. The van der Waals surface area contributed by atoms with E-state index in [-0.39, 0.29) is 12.6 Å². The highest BCUT2D eigenvalue weighted by Gasteiger charge is 2.24. The zero-order valence-corrected chi connectivity index (χ0v) is 12.9. The van der Waals surface area contributed by atoms with Gasteiger partial charge in [-0.3, -0.25) is 0 Å². The highest BCUT2D eigenvalue weighted by atomic mass is 35.5. The van der Waals surface area contributed by atoms with Crippen molar-refractivity contribution >= 4 is 17.3 Å². The number of aliphatic hydroxyl groups is 1. The summed E-state index contributed by atoms with van der Waals surface area (Å²) in [5.41, 5.74) is 2.29. The molecule has 0 radical (unpaired) electrons. The van der Waals surface area contributed by atoms with Crippen LogP contribution >= 0.6 is 11.6 Å². The van der Waals surface area contributed by atoms with Crippen LogP contribution in [0.3, 0.4) is 0 Å². The summed E-state index contributed by atoms with van der Waals surface area (Å²) in [6.45, 7) is 7.15. The minimum atomic E-state index is 0.0164. The van der Waals surface area contributed by atoms with Gasteiger partial charge in [-0.05, 0) is 23.8 Å². The molecule has 2 N–H and O–H groups in total. The van der Waals surface area contributed by atoms with Crippen LogP contribution in [0.25, 0.3) is 0 Å². The van der Waals surface area contributed by atoms with Crippen LogP contribution < -0.4 is 10.2 Å². The number of aliphatic hydroxyl groups excluding tert-OH is 1. The summed E-state index contributed by atoms with van der Waals surface area (Å²) in [6.07, 6.45) is 0. The van der Waals surface area contributed by atoms with E-state index in [1.807, 2.05) is 18.2 Å². The van der Waals surface area contributed by atoms with Crippen molar-refractivity contribution in [3.63, 3.8) is 0 Å². The van der Waals surface area contributed by atoms with Crippen molar-refractivity contribution in [3.05, 3.63) is 28.8 Å². The number of morpholine rings is 1. The van der Waals surface area contributed by atoms with E-state index in [0.717, 1.165) is 29.4 Å². The van der Waals surface area contributed by atoms with Gasteiger partial charge in [0.1, 0.15) is 0 Å². The number of benzene rings is 1. The van der Waals surface area contributed by atoms with Gasteiger partial charge in [0.2, 0.25) is 0 Å². The van der Waals surface area contributed by atoms with E-state index in [9.17, 15) is 5.11 Å². The van der Waals surface area contributed by atoms with E-state index in [1.165, 1.54) is 0 Å². The zero-order valence-electron chi connectivity index (χ0n) is 12.1. The normalized spacial score (nSPS) is 19.6. The summed E-state index contributed by atoms with van der Waals surface area (Å²) in [4.78, 5) is 2.22. The Morgan fingerprint density at radius 3 is 3.00 bits per heavy atom. The van der Waals surface area contributed by atoms with E-state index in [1.54, 1.807) is 0 Å². The van der Waals surface area contributed by atoms with Gasteiger partial charge in [-0.25, -0.2) is 0 Å². The highest BCUT2D eigenvalue weighted by Crippen LogP contribution is 2.27. The molecule has 0 bridgehead atoms. The lowest BCUT2D eigenvalue weighted by atomic mass is 10.1. The SMILES string of the molecule is CC(C)NCc1cc(Cl)ccc1N1CCOCC1CO. The van der Waals surface area contributed by atoms with Crippen LogP contribution in [0.1, 0.15) is 19.4 Å². The maximum atomic E-state index is 9.52. The molecule has 4 nitrogen and oxygen atoms in total. The van der Waals surface area contributed by atoms with Gasteiger partial charge in [0.05, 0.1) is 25.9 Å². The third-order valence-electron chi connectivity index (χ3n) is 3.49. The van der Waals surface area contributed by atoms with Gasteiger partial charge in [0, 0.05) is 29.8 Å². The summed E-state index contributed by atoms with van der Waals surface area (Å²) in [5, 5.41) is 13.7. The standard InChI is InChI=1S/C15H23ClN2O2/c1-11(2)17-8-12-7-13(16)3-4-15(12)18-5-6-20-10-14(18)9-19/h3-4,7,11,14,17,19H,5-6,8-10H2,1-2H3. The highest BCUT2D eigenvalue weighted by molar-refractivity contribution is 6.30. The van der Waals surface area contributed by atoms with Crippen LogP contribution in [0.4, 0.5) is 5.69 Å². The van der Waals surface area contributed by atoms with Crippen LogP contribution in [-0.2, 0) is 11.3 Å². The minimum absolute atomic E-state index is 0.0164. The van der Waals surface area contributed by atoms with Gasteiger partial charge >= 0.3 is 0 Å². The van der Waals surface area contributed by atoms with E-state index < -0.39 is 0 Å². The molecule has 1 aliphatic rings. The topological polar surface area (TPSA) is 44.7 Å². The van der Waals surface area contributed by atoms with Gasteiger partial charge in [-0.1, -0.05) is 25.4 Å². The van der Waals surface area contributed by atoms with Crippen molar-refractivity contribution in [3.8, 4) is 0 Å². The summed E-state index contributed by atoms with van der Waals surface area (Å²) in [5.74, 6) is 0. The maximum Gasteiger partial charge on any atom is 0.0755 e. The summed E-state index contributed by atoms with van der Waals surface area (Å²) >= 11 is 6.12. The van der Waals surface area contributed by atoms with Gasteiger partial charge in [0.15, 0.2) is 0 Å². The van der Waals surface area contributed by atoms with Crippen molar-refractivity contribution < 1.29 is 9.84 Å². The van der Waals surface area contributed by atoms with Crippen molar-refractivity contribution in [2.24, 2.45) is 0 Å². The number of hydrogen-bond acceptors (Lipinski definition) is 4. The minimum Gasteiger partial charge on any atom is -0.394 e. The molecule has 0 spiro atoms. The van der Waals surface area contributed by atoms with Gasteiger partial charge in [-0.15, -0.1) is 0 Å². The molecule has 0 aromatic heterocycles. The number of hydrogen-bond donors (Lipinski definition) is 2. The molecule has 1 aromatic rings. The fraction of sp³-hybridized carbons (Fsp3) is 0.600. The molecule has 1 aliphatic heterocycles. The average Bonchev–Trinajstić information content (AvgIpc) is 2.45. The van der Waals surface area contributed by atoms with Crippen molar-refractivity contribution in [2.45, 2.75) is 32.5 Å². The molecule has 5 heteroatoms. The van der Waals surface area contributed by atoms with Crippen LogP contribution in [0.2, 0.25) is 5.02 Å². The first-order valence-electron chi connectivity index (χ1n) is 7.09. The Morgan fingerprint density at radius 2 is 2.30 bits per heavy atom. The Hall–Kier alpha value is -0.810. The first-order chi connectivity index (χ1) is 9.61. The van der Waals surface area contributed by atoms with E-state index in [0.29, 0.717) is 19.3 Å². The van der Waals surface area contributed by atoms with Crippen molar-refractivity contribution in [2.75, 3.05) is 31.3 Å². The lowest BCUT2D eigenvalue weighted by Crippen LogP contribution is -2.48. The first-order valence-corrected chi connectivity index (χ1v) is 7.46. The molecule has 0 saturated carbocycles. The lowest BCUT2D eigenvalue weighted by molar-refractivity contribution is 0.0726. The monoisotopic (exact) mass is 298 g/mol. The predicted octanol–water partition coefficient (Wildman–Crippen LogP) is 2.04. The Balaban J connectivity index is 2.24. The molecule has 112 valence electrons. The zero-order chi connectivity index (χ0) is 14.5. The molecule has 20 heavy (non-hydrogen) atoms. The van der Waals surface area contributed by atoms with E-state index in [4.69, 9.17) is 16.3 Å². The van der Waals surface area contributed by atoms with E-state index >= 15 is 0 Å². The van der Waals surface area contributed by atoms with Gasteiger partial charge < -0.3 is 20.1 Å². The predicted molar refractivity (Wildman–Crippen MR) is 82.5 cm³/mol. The third kappa shape index (κ3) is 3.85. The number of halogens is 1. The van der Waals surface area contributed by atoms with Crippen molar-refractivity contribution in [1.29, 1.82) is 0 Å². The van der Waals surface area contributed by atoms with Crippen LogP contribution in [0.15, 0.2) is 18.2 Å². The second-order valence-corrected chi connectivity index (χ2v) is 5.85. The van der Waals surface area contributed by atoms with E-state index in [2.05, 4.69) is 24.1 Å². The number of ether oxygens (including phenoxy) is 1. The molecule has 2 rings (SSSR count). The van der Waals surface area contributed by atoms with Gasteiger partial charge in [0.25, 0.3) is 0 Å². The van der Waals surface area contributed by atoms with Crippen LogP contribution in [-0.4, -0.2) is 43.6 Å². The Morgan fingerprint density at radius 1 is 1.50 bits per heavy atom. The fourth-order valence-corrected chi connectivity index (χ4v) is 2.61. The second kappa shape index (κ2) is 7.27. The van der Waals surface area contributed by atoms with Gasteiger partial charge in [-0.2, -0.15) is 0 Å². The number of nitrogens with one attached hydrogen (secondary N) is 1. The Kier molecular flexibility index (Phi) is 5.66. The summed E-state index contributed by atoms with van der Waals surface area (Å²) < 4.78 is 5.44. The molecule has 0 aliphatic carbocycles. The lowest BCUT2D eigenvalue weighted by Gasteiger charge is -2.37. The van der Waals surface area contributed by atoms with Crippen molar-refractivity contribution in [1.82, 2.24) is 5.32 Å². The molecular formula is C15H23ClN2O2. The maximum absolute atomic E-state index is 9.52. The quantitative estimate of drug-likeness (QED) is 0.873. The molecular weight excluding hydrogens is 276 g/mol.